The summed E-state index contributed by atoms with van der Waals surface area (Å²) in [5.74, 6) is 0.763. The molecule has 0 fully saturated rings. The smallest absolute Gasteiger partial charge is 0.159 e. The lowest BCUT2D eigenvalue weighted by Crippen LogP contribution is -2.07. The summed E-state index contributed by atoms with van der Waals surface area (Å²) in [5.41, 5.74) is 1.23. The van der Waals surface area contributed by atoms with Gasteiger partial charge >= 0.3 is 0 Å². The summed E-state index contributed by atoms with van der Waals surface area (Å²) < 4.78 is 0. The Hall–Kier alpha value is -2.20. The third-order valence-electron chi connectivity index (χ3n) is 3.10. The van der Waals surface area contributed by atoms with E-state index in [9.17, 15) is 0 Å². The zero-order chi connectivity index (χ0) is 13.8. The minimum absolute atomic E-state index is 0.431. The third-order valence-corrected chi connectivity index (χ3v) is 3.38. The summed E-state index contributed by atoms with van der Waals surface area (Å²) in [6.45, 7) is 0.782. The lowest BCUT2D eigenvalue weighted by molar-refractivity contribution is 0.974. The van der Waals surface area contributed by atoms with Crippen LogP contribution in [0.1, 0.15) is 5.56 Å². The van der Waals surface area contributed by atoms with Gasteiger partial charge in [-0.05, 0) is 24.1 Å². The van der Waals surface area contributed by atoms with Crippen molar-refractivity contribution >= 4 is 28.2 Å². The van der Waals surface area contributed by atoms with Gasteiger partial charge in [-0.1, -0.05) is 35.9 Å². The second-order valence-corrected chi connectivity index (χ2v) is 4.78. The van der Waals surface area contributed by atoms with E-state index in [1.54, 1.807) is 12.4 Å². The number of fused-ring (bicyclic) bond motifs is 1. The van der Waals surface area contributed by atoms with E-state index < -0.39 is 0 Å². The van der Waals surface area contributed by atoms with Crippen LogP contribution in [0.5, 0.6) is 0 Å². The molecular formula is C15H13ClN4. The second kappa shape index (κ2) is 5.84. The number of nitrogens with zero attached hydrogens (tertiary/aromatic N) is 3. The Morgan fingerprint density at radius 3 is 2.50 bits per heavy atom. The standard InChI is InChI=1S/C15H13ClN4/c16-14-12-3-1-2-4-13(12)15(20-19-14)18-10-7-11-5-8-17-9-6-11/h1-6,8-9H,7,10H2,(H,18,20). The Balaban J connectivity index is 1.77. The molecule has 4 nitrogen and oxygen atoms in total. The first-order chi connectivity index (χ1) is 9.84. The van der Waals surface area contributed by atoms with Crippen LogP contribution in [-0.2, 0) is 6.42 Å². The normalized spacial score (nSPS) is 10.7. The number of pyridine rings is 1. The predicted molar refractivity (Wildman–Crippen MR) is 81.0 cm³/mol. The molecule has 0 spiro atoms. The molecule has 2 aromatic heterocycles. The number of benzene rings is 1. The molecule has 0 atom stereocenters. The van der Waals surface area contributed by atoms with Gasteiger partial charge in [-0.15, -0.1) is 10.2 Å². The van der Waals surface area contributed by atoms with Crippen molar-refractivity contribution in [1.82, 2.24) is 15.2 Å². The average molecular weight is 285 g/mol. The van der Waals surface area contributed by atoms with E-state index >= 15 is 0 Å². The number of anilines is 1. The van der Waals surface area contributed by atoms with Crippen molar-refractivity contribution in [2.75, 3.05) is 11.9 Å². The second-order valence-electron chi connectivity index (χ2n) is 4.42. The third kappa shape index (κ3) is 2.70. The number of hydrogen-bond donors (Lipinski definition) is 1. The summed E-state index contributed by atoms with van der Waals surface area (Å²) in [5, 5.41) is 13.8. The summed E-state index contributed by atoms with van der Waals surface area (Å²) in [6, 6.07) is 11.9. The molecular weight excluding hydrogens is 272 g/mol. The van der Waals surface area contributed by atoms with Gasteiger partial charge in [0, 0.05) is 29.7 Å². The molecule has 1 N–H and O–H groups in total. The van der Waals surface area contributed by atoms with Gasteiger partial charge in [0.05, 0.1) is 0 Å². The predicted octanol–water partition coefficient (Wildman–Crippen LogP) is 3.33. The molecule has 5 heteroatoms. The van der Waals surface area contributed by atoms with Crippen LogP contribution in [0.25, 0.3) is 10.8 Å². The van der Waals surface area contributed by atoms with Crippen molar-refractivity contribution < 1.29 is 0 Å². The molecule has 3 aromatic rings. The fourth-order valence-electron chi connectivity index (χ4n) is 2.08. The highest BCUT2D eigenvalue weighted by molar-refractivity contribution is 6.34. The summed E-state index contributed by atoms with van der Waals surface area (Å²) in [4.78, 5) is 4.00. The molecule has 0 unspecified atom stereocenters. The van der Waals surface area contributed by atoms with Gasteiger partial charge in [-0.2, -0.15) is 0 Å². The molecule has 3 rings (SSSR count). The monoisotopic (exact) mass is 284 g/mol. The summed E-state index contributed by atoms with van der Waals surface area (Å²) >= 11 is 6.05. The molecule has 100 valence electrons. The maximum Gasteiger partial charge on any atom is 0.159 e. The van der Waals surface area contributed by atoms with Gasteiger partial charge in [0.15, 0.2) is 11.0 Å². The SMILES string of the molecule is Clc1nnc(NCCc2ccncc2)c2ccccc12. The molecule has 0 bridgehead atoms. The van der Waals surface area contributed by atoms with Crippen LogP contribution in [0.2, 0.25) is 5.15 Å². The highest BCUT2D eigenvalue weighted by Crippen LogP contribution is 2.25. The van der Waals surface area contributed by atoms with Crippen molar-refractivity contribution in [3.63, 3.8) is 0 Å². The van der Waals surface area contributed by atoms with Crippen LogP contribution >= 0.6 is 11.6 Å². The van der Waals surface area contributed by atoms with Crippen molar-refractivity contribution in [2.45, 2.75) is 6.42 Å². The number of hydrogen-bond acceptors (Lipinski definition) is 4. The van der Waals surface area contributed by atoms with Crippen LogP contribution in [0, 0.1) is 0 Å². The Kier molecular flexibility index (Phi) is 3.74. The first kappa shape index (κ1) is 12.8. The minimum Gasteiger partial charge on any atom is -0.368 e. The molecule has 1 aromatic carbocycles. The topological polar surface area (TPSA) is 50.7 Å². The van der Waals surface area contributed by atoms with Crippen LogP contribution in [0.15, 0.2) is 48.8 Å². The molecule has 2 heterocycles. The van der Waals surface area contributed by atoms with E-state index in [-0.39, 0.29) is 0 Å². The largest absolute Gasteiger partial charge is 0.368 e. The molecule has 0 aliphatic heterocycles. The van der Waals surface area contributed by atoms with Gasteiger partial charge in [0.25, 0.3) is 0 Å². The van der Waals surface area contributed by atoms with Gasteiger partial charge in [0.2, 0.25) is 0 Å². The van der Waals surface area contributed by atoms with Crippen molar-refractivity contribution in [3.05, 3.63) is 59.5 Å². The van der Waals surface area contributed by atoms with E-state index in [2.05, 4.69) is 20.5 Å². The molecule has 0 aliphatic rings. The molecule has 0 radical (unpaired) electrons. The summed E-state index contributed by atoms with van der Waals surface area (Å²) in [7, 11) is 0. The minimum atomic E-state index is 0.431. The number of nitrogens with one attached hydrogen (secondary N) is 1. The van der Waals surface area contributed by atoms with Gasteiger partial charge in [-0.25, -0.2) is 0 Å². The zero-order valence-corrected chi connectivity index (χ0v) is 11.5. The molecule has 0 amide bonds. The van der Waals surface area contributed by atoms with Crippen LogP contribution in [0.4, 0.5) is 5.82 Å². The molecule has 0 aliphatic carbocycles. The Labute approximate surface area is 121 Å². The van der Waals surface area contributed by atoms with E-state index in [1.807, 2.05) is 36.4 Å². The van der Waals surface area contributed by atoms with E-state index in [1.165, 1.54) is 5.56 Å². The number of halogens is 1. The van der Waals surface area contributed by atoms with Crippen LogP contribution in [-0.4, -0.2) is 21.7 Å². The quantitative estimate of drug-likeness (QED) is 0.798. The lowest BCUT2D eigenvalue weighted by atomic mass is 10.2. The highest BCUT2D eigenvalue weighted by Gasteiger charge is 2.06. The van der Waals surface area contributed by atoms with Crippen LogP contribution in [0.3, 0.4) is 0 Å². The Morgan fingerprint density at radius 2 is 1.70 bits per heavy atom. The number of aromatic nitrogens is 3. The van der Waals surface area contributed by atoms with E-state index in [4.69, 9.17) is 11.6 Å². The maximum absolute atomic E-state index is 6.05. The average Bonchev–Trinajstić information content (AvgIpc) is 2.51. The Bertz CT molecular complexity index is 715. The van der Waals surface area contributed by atoms with Crippen molar-refractivity contribution in [3.8, 4) is 0 Å². The van der Waals surface area contributed by atoms with Crippen molar-refractivity contribution in [1.29, 1.82) is 0 Å². The van der Waals surface area contributed by atoms with Crippen LogP contribution < -0.4 is 5.32 Å². The fourth-order valence-corrected chi connectivity index (χ4v) is 2.28. The van der Waals surface area contributed by atoms with E-state index in [0.717, 1.165) is 29.6 Å². The van der Waals surface area contributed by atoms with Gasteiger partial charge in [-0.3, -0.25) is 4.98 Å². The van der Waals surface area contributed by atoms with Crippen molar-refractivity contribution in [2.24, 2.45) is 0 Å². The lowest BCUT2D eigenvalue weighted by Gasteiger charge is -2.08. The molecule has 0 saturated carbocycles. The Morgan fingerprint density at radius 1 is 0.950 bits per heavy atom. The van der Waals surface area contributed by atoms with Gasteiger partial charge < -0.3 is 5.32 Å². The maximum atomic E-state index is 6.05. The molecule has 20 heavy (non-hydrogen) atoms. The molecule has 0 saturated heterocycles. The van der Waals surface area contributed by atoms with E-state index in [0.29, 0.717) is 5.15 Å². The number of rotatable bonds is 4. The first-order valence-corrected chi connectivity index (χ1v) is 6.76. The zero-order valence-electron chi connectivity index (χ0n) is 10.8. The highest BCUT2D eigenvalue weighted by atomic mass is 35.5. The summed E-state index contributed by atoms with van der Waals surface area (Å²) in [6.07, 6.45) is 4.50. The first-order valence-electron chi connectivity index (χ1n) is 6.38. The fraction of sp³-hybridized carbons (Fsp3) is 0.133. The van der Waals surface area contributed by atoms with Gasteiger partial charge in [0.1, 0.15) is 0 Å².